The number of anilines is 1. The van der Waals surface area contributed by atoms with Gasteiger partial charge < -0.3 is 10.2 Å². The molecule has 40 heavy (non-hydrogen) atoms. The molecule has 5 rings (SSSR count). The zero-order valence-corrected chi connectivity index (χ0v) is 23.7. The fourth-order valence-corrected chi connectivity index (χ4v) is 6.78. The zero-order chi connectivity index (χ0) is 28.4. The van der Waals surface area contributed by atoms with Crippen molar-refractivity contribution in [1.29, 1.82) is 0 Å². The number of hydrogen-bond acceptors (Lipinski definition) is 7. The standard InChI is InChI=1S/C30H33F2N5O2S/c1-19-14-27(35-28-16-33-30(36-29(19)28)34-24-10-12-25(13-11-24)37(2)3)21-6-7-22(26(32)15-21)18-40(38,39)17-20-4-8-23(31)9-5-20/h4-9,14-16,24-25H,10-13,17-18H2,1-3H3,(H,33,34,36). The van der Waals surface area contributed by atoms with Gasteiger partial charge in [0.1, 0.15) is 17.2 Å². The molecule has 2 aromatic carbocycles. The van der Waals surface area contributed by atoms with Gasteiger partial charge in [0.2, 0.25) is 5.95 Å². The van der Waals surface area contributed by atoms with Gasteiger partial charge in [0.05, 0.1) is 28.9 Å². The zero-order valence-electron chi connectivity index (χ0n) is 22.9. The molecule has 0 aliphatic heterocycles. The number of pyridine rings is 1. The van der Waals surface area contributed by atoms with Crippen LogP contribution in [0.4, 0.5) is 14.7 Å². The van der Waals surface area contributed by atoms with E-state index < -0.39 is 27.2 Å². The fraction of sp³-hybridized carbons (Fsp3) is 0.367. The fourth-order valence-electron chi connectivity index (χ4n) is 5.27. The summed E-state index contributed by atoms with van der Waals surface area (Å²) in [5, 5.41) is 3.47. The summed E-state index contributed by atoms with van der Waals surface area (Å²) in [5.41, 5.74) is 3.81. The molecule has 1 fully saturated rings. The van der Waals surface area contributed by atoms with Gasteiger partial charge in [-0.2, -0.15) is 0 Å². The molecule has 4 aromatic rings. The monoisotopic (exact) mass is 565 g/mol. The lowest BCUT2D eigenvalue weighted by molar-refractivity contribution is 0.221. The Morgan fingerprint density at radius 1 is 0.950 bits per heavy atom. The summed E-state index contributed by atoms with van der Waals surface area (Å²) in [6, 6.07) is 12.5. The van der Waals surface area contributed by atoms with Crippen LogP contribution < -0.4 is 5.32 Å². The molecule has 0 bridgehead atoms. The highest BCUT2D eigenvalue weighted by atomic mass is 32.2. The highest BCUT2D eigenvalue weighted by Crippen LogP contribution is 2.28. The molecule has 1 saturated carbocycles. The molecule has 2 aromatic heterocycles. The summed E-state index contributed by atoms with van der Waals surface area (Å²) in [5.74, 6) is -1.24. The predicted octanol–water partition coefficient (Wildman–Crippen LogP) is 5.68. The van der Waals surface area contributed by atoms with Crippen LogP contribution >= 0.6 is 0 Å². The van der Waals surface area contributed by atoms with Gasteiger partial charge in [-0.15, -0.1) is 0 Å². The van der Waals surface area contributed by atoms with Gasteiger partial charge in [-0.3, -0.25) is 0 Å². The Bertz CT molecular complexity index is 1620. The van der Waals surface area contributed by atoms with Crippen LogP contribution in [-0.4, -0.2) is 54.4 Å². The van der Waals surface area contributed by atoms with Crippen molar-refractivity contribution in [3.8, 4) is 11.3 Å². The van der Waals surface area contributed by atoms with Crippen LogP contribution in [0.5, 0.6) is 0 Å². The third-order valence-electron chi connectivity index (χ3n) is 7.52. The van der Waals surface area contributed by atoms with E-state index in [0.717, 1.165) is 36.8 Å². The quantitative estimate of drug-likeness (QED) is 0.294. The van der Waals surface area contributed by atoms with E-state index >= 15 is 4.39 Å². The average molecular weight is 566 g/mol. The van der Waals surface area contributed by atoms with E-state index in [2.05, 4.69) is 34.3 Å². The van der Waals surface area contributed by atoms with E-state index in [1.807, 2.05) is 13.0 Å². The Labute approximate surface area is 233 Å². The summed E-state index contributed by atoms with van der Waals surface area (Å²) < 4.78 is 53.5. The number of fused-ring (bicyclic) bond motifs is 1. The smallest absolute Gasteiger partial charge is 0.223 e. The molecule has 0 saturated heterocycles. The maximum absolute atomic E-state index is 15.0. The van der Waals surface area contributed by atoms with Crippen LogP contribution in [0.3, 0.4) is 0 Å². The number of hydrogen-bond donors (Lipinski definition) is 1. The second kappa shape index (κ2) is 11.5. The van der Waals surface area contributed by atoms with Crippen LogP contribution in [0, 0.1) is 18.6 Å². The lowest BCUT2D eigenvalue weighted by Gasteiger charge is -2.32. The number of benzene rings is 2. The molecule has 0 radical (unpaired) electrons. The second-order valence-electron chi connectivity index (χ2n) is 10.8. The predicted molar refractivity (Wildman–Crippen MR) is 154 cm³/mol. The van der Waals surface area contributed by atoms with Crippen molar-refractivity contribution in [3.05, 3.63) is 83.1 Å². The second-order valence-corrected chi connectivity index (χ2v) is 12.9. The van der Waals surface area contributed by atoms with Crippen LogP contribution in [0.25, 0.3) is 22.3 Å². The van der Waals surface area contributed by atoms with Crippen LogP contribution in [0.15, 0.2) is 54.7 Å². The highest BCUT2D eigenvalue weighted by molar-refractivity contribution is 7.89. The summed E-state index contributed by atoms with van der Waals surface area (Å²) >= 11 is 0. The normalized spacial score (nSPS) is 17.9. The number of sulfone groups is 1. The lowest BCUT2D eigenvalue weighted by atomic mass is 9.91. The third kappa shape index (κ3) is 6.62. The molecular weight excluding hydrogens is 532 g/mol. The largest absolute Gasteiger partial charge is 0.351 e. The van der Waals surface area contributed by atoms with Crippen LogP contribution in [-0.2, 0) is 21.3 Å². The molecule has 1 N–H and O–H groups in total. The van der Waals surface area contributed by atoms with E-state index in [0.29, 0.717) is 40.4 Å². The minimum absolute atomic E-state index is 0.0713. The van der Waals surface area contributed by atoms with Crippen molar-refractivity contribution in [2.75, 3.05) is 19.4 Å². The van der Waals surface area contributed by atoms with E-state index in [1.165, 1.54) is 36.4 Å². The van der Waals surface area contributed by atoms with Gasteiger partial charge in [-0.25, -0.2) is 32.2 Å². The van der Waals surface area contributed by atoms with Crippen molar-refractivity contribution in [2.45, 2.75) is 56.2 Å². The Morgan fingerprint density at radius 3 is 2.35 bits per heavy atom. The number of aryl methyl sites for hydroxylation is 1. The molecule has 10 heteroatoms. The minimum Gasteiger partial charge on any atom is -0.351 e. The molecule has 0 atom stereocenters. The lowest BCUT2D eigenvalue weighted by Crippen LogP contribution is -2.36. The Morgan fingerprint density at radius 2 is 1.68 bits per heavy atom. The molecule has 7 nitrogen and oxygen atoms in total. The summed E-state index contributed by atoms with van der Waals surface area (Å²) in [6.45, 7) is 1.93. The highest BCUT2D eigenvalue weighted by Gasteiger charge is 2.23. The molecule has 2 heterocycles. The van der Waals surface area contributed by atoms with E-state index in [-0.39, 0.29) is 11.3 Å². The van der Waals surface area contributed by atoms with Crippen LogP contribution in [0.1, 0.15) is 42.4 Å². The van der Waals surface area contributed by atoms with Crippen molar-refractivity contribution >= 4 is 26.8 Å². The minimum atomic E-state index is -3.66. The van der Waals surface area contributed by atoms with Gasteiger partial charge in [0, 0.05) is 23.2 Å². The van der Waals surface area contributed by atoms with Gasteiger partial charge in [0.25, 0.3) is 0 Å². The van der Waals surface area contributed by atoms with Gasteiger partial charge >= 0.3 is 0 Å². The number of rotatable bonds is 8. The molecular formula is C30H33F2N5O2S. The number of halogens is 2. The first-order valence-electron chi connectivity index (χ1n) is 13.4. The van der Waals surface area contributed by atoms with Crippen LogP contribution in [0.2, 0.25) is 0 Å². The summed E-state index contributed by atoms with van der Waals surface area (Å²) in [7, 11) is 0.590. The molecule has 1 aliphatic rings. The molecule has 210 valence electrons. The molecule has 0 unspecified atom stereocenters. The Balaban J connectivity index is 1.30. The number of nitrogens with zero attached hydrogens (tertiary/aromatic N) is 4. The van der Waals surface area contributed by atoms with Gasteiger partial charge in [-0.1, -0.05) is 24.3 Å². The molecule has 0 spiro atoms. The van der Waals surface area contributed by atoms with E-state index in [1.54, 1.807) is 12.3 Å². The summed E-state index contributed by atoms with van der Waals surface area (Å²) in [6.07, 6.45) is 6.08. The van der Waals surface area contributed by atoms with Crippen molar-refractivity contribution in [2.24, 2.45) is 0 Å². The Kier molecular flexibility index (Phi) is 8.09. The molecule has 1 aliphatic carbocycles. The first-order chi connectivity index (χ1) is 19.1. The maximum Gasteiger partial charge on any atom is 0.223 e. The number of aromatic nitrogens is 3. The first kappa shape index (κ1) is 28.0. The topological polar surface area (TPSA) is 88.1 Å². The Hall–Kier alpha value is -3.50. The van der Waals surface area contributed by atoms with Crippen molar-refractivity contribution < 1.29 is 17.2 Å². The SMILES string of the molecule is Cc1cc(-c2ccc(CS(=O)(=O)Cc3ccc(F)cc3)c(F)c2)nc2cnc(NC3CCC(N(C)C)CC3)nc12. The molecule has 0 amide bonds. The van der Waals surface area contributed by atoms with Crippen molar-refractivity contribution in [1.82, 2.24) is 19.9 Å². The first-order valence-corrected chi connectivity index (χ1v) is 15.2. The third-order valence-corrected chi connectivity index (χ3v) is 9.05. The average Bonchev–Trinajstić information content (AvgIpc) is 2.91. The van der Waals surface area contributed by atoms with Gasteiger partial charge in [0.15, 0.2) is 9.84 Å². The van der Waals surface area contributed by atoms with Crippen molar-refractivity contribution in [3.63, 3.8) is 0 Å². The number of nitrogens with one attached hydrogen (secondary N) is 1. The maximum atomic E-state index is 15.0. The van der Waals surface area contributed by atoms with Gasteiger partial charge in [-0.05, 0) is 82.1 Å². The van der Waals surface area contributed by atoms with E-state index in [9.17, 15) is 12.8 Å². The van der Waals surface area contributed by atoms with E-state index in [4.69, 9.17) is 4.98 Å². The summed E-state index contributed by atoms with van der Waals surface area (Å²) in [4.78, 5) is 16.1.